The van der Waals surface area contributed by atoms with Crippen molar-refractivity contribution in [3.05, 3.63) is 102 Å². The minimum absolute atomic E-state index is 0.280. The third-order valence-electron chi connectivity index (χ3n) is 4.92. The van der Waals surface area contributed by atoms with Crippen molar-refractivity contribution >= 4 is 22.7 Å². The van der Waals surface area contributed by atoms with Crippen molar-refractivity contribution in [2.24, 2.45) is 0 Å². The van der Waals surface area contributed by atoms with Gasteiger partial charge in [0.2, 0.25) is 5.89 Å². The Labute approximate surface area is 186 Å². The normalized spacial score (nSPS) is 11.2. The van der Waals surface area contributed by atoms with Crippen molar-refractivity contribution in [2.45, 2.75) is 13.0 Å². The molecule has 158 valence electrons. The number of hydrogen-bond acceptors (Lipinski definition) is 5. The molecule has 0 aliphatic rings. The first kappa shape index (κ1) is 21.0. The molecule has 5 nitrogen and oxygen atoms in total. The number of nitriles is 1. The Bertz CT molecular complexity index is 1280. The summed E-state index contributed by atoms with van der Waals surface area (Å²) in [5.74, 6) is 1.53. The fraction of sp³-hybridized carbons (Fsp3) is 0.111. The number of aromatic nitrogens is 1. The van der Waals surface area contributed by atoms with Crippen molar-refractivity contribution in [3.63, 3.8) is 0 Å². The van der Waals surface area contributed by atoms with E-state index in [1.54, 1.807) is 13.2 Å². The van der Waals surface area contributed by atoms with E-state index in [0.717, 1.165) is 16.7 Å². The Morgan fingerprint density at radius 1 is 1.12 bits per heavy atom. The van der Waals surface area contributed by atoms with Gasteiger partial charge >= 0.3 is 0 Å². The molecule has 3 aromatic carbocycles. The van der Waals surface area contributed by atoms with Crippen LogP contribution in [-0.4, -0.2) is 12.1 Å². The Morgan fingerprint density at radius 2 is 1.91 bits per heavy atom. The molecule has 1 aromatic heterocycles. The number of rotatable bonds is 8. The molecule has 0 amide bonds. The monoisotopic (exact) mass is 422 g/mol. The van der Waals surface area contributed by atoms with Crippen LogP contribution in [0.5, 0.6) is 11.5 Å². The van der Waals surface area contributed by atoms with E-state index in [1.165, 1.54) is 0 Å². The number of nitrogens with zero attached hydrogens (tertiary/aromatic N) is 2. The summed E-state index contributed by atoms with van der Waals surface area (Å²) in [5.41, 5.74) is 4.42. The van der Waals surface area contributed by atoms with Crippen LogP contribution in [0.25, 0.3) is 22.7 Å². The van der Waals surface area contributed by atoms with E-state index < -0.39 is 0 Å². The third-order valence-corrected chi connectivity index (χ3v) is 4.92. The van der Waals surface area contributed by atoms with Crippen LogP contribution in [0.15, 0.2) is 83.8 Å². The number of allylic oxidation sites excluding steroid dienone is 2. The number of benzene rings is 3. The van der Waals surface area contributed by atoms with Gasteiger partial charge in [0.25, 0.3) is 0 Å². The molecule has 0 spiro atoms. The van der Waals surface area contributed by atoms with Crippen molar-refractivity contribution in [2.75, 3.05) is 7.11 Å². The second-order valence-corrected chi connectivity index (χ2v) is 7.14. The molecule has 0 N–H and O–H groups in total. The van der Waals surface area contributed by atoms with Crippen LogP contribution in [0.4, 0.5) is 0 Å². The van der Waals surface area contributed by atoms with E-state index in [4.69, 9.17) is 13.9 Å². The summed E-state index contributed by atoms with van der Waals surface area (Å²) >= 11 is 0. The molecule has 0 saturated heterocycles. The number of methoxy groups -OCH3 is 1. The summed E-state index contributed by atoms with van der Waals surface area (Å²) in [6, 6.07) is 23.4. The fourth-order valence-electron chi connectivity index (χ4n) is 3.42. The summed E-state index contributed by atoms with van der Waals surface area (Å²) < 4.78 is 17.5. The molecule has 0 aliphatic heterocycles. The minimum Gasteiger partial charge on any atom is -0.493 e. The van der Waals surface area contributed by atoms with Crippen molar-refractivity contribution < 1.29 is 13.9 Å². The van der Waals surface area contributed by atoms with Crippen LogP contribution in [0, 0.1) is 11.3 Å². The Kier molecular flexibility index (Phi) is 6.33. The van der Waals surface area contributed by atoms with Gasteiger partial charge in [0.1, 0.15) is 23.8 Å². The molecule has 0 saturated carbocycles. The van der Waals surface area contributed by atoms with Crippen LogP contribution in [0.2, 0.25) is 0 Å². The van der Waals surface area contributed by atoms with Crippen molar-refractivity contribution in [1.82, 2.24) is 4.98 Å². The van der Waals surface area contributed by atoms with Gasteiger partial charge < -0.3 is 13.9 Å². The zero-order valence-corrected chi connectivity index (χ0v) is 17.7. The lowest BCUT2D eigenvalue weighted by Gasteiger charge is -2.16. The fourth-order valence-corrected chi connectivity index (χ4v) is 3.42. The van der Waals surface area contributed by atoms with Crippen LogP contribution >= 0.6 is 0 Å². The molecule has 0 atom stereocenters. The molecule has 1 heterocycles. The third kappa shape index (κ3) is 4.55. The van der Waals surface area contributed by atoms with Gasteiger partial charge in [-0.25, -0.2) is 4.98 Å². The number of hydrogen-bond donors (Lipinski definition) is 0. The lowest BCUT2D eigenvalue weighted by atomic mass is 10.0. The maximum atomic E-state index is 9.74. The summed E-state index contributed by atoms with van der Waals surface area (Å²) in [7, 11) is 1.60. The highest BCUT2D eigenvalue weighted by atomic mass is 16.5. The van der Waals surface area contributed by atoms with E-state index in [0.29, 0.717) is 41.2 Å². The molecule has 0 bridgehead atoms. The van der Waals surface area contributed by atoms with Gasteiger partial charge in [0, 0.05) is 5.56 Å². The lowest BCUT2D eigenvalue weighted by Crippen LogP contribution is -2.01. The van der Waals surface area contributed by atoms with E-state index in [1.807, 2.05) is 72.8 Å². The zero-order chi connectivity index (χ0) is 22.3. The Balaban J connectivity index is 1.71. The Morgan fingerprint density at radius 3 is 2.62 bits per heavy atom. The first-order valence-electron chi connectivity index (χ1n) is 10.2. The molecule has 0 aliphatic carbocycles. The zero-order valence-electron chi connectivity index (χ0n) is 17.7. The van der Waals surface area contributed by atoms with E-state index in [9.17, 15) is 5.26 Å². The number of para-hydroxylation sites is 2. The van der Waals surface area contributed by atoms with E-state index in [-0.39, 0.29) is 5.89 Å². The first-order chi connectivity index (χ1) is 15.7. The quantitative estimate of drug-likeness (QED) is 0.249. The SMILES string of the molecule is C=CCc1cc(/C=C(\C#N)c2nc3ccccc3o2)cc(OC)c1OCc1ccccc1. The number of ether oxygens (including phenoxy) is 2. The summed E-state index contributed by atoms with van der Waals surface area (Å²) in [6.07, 6.45) is 4.14. The maximum Gasteiger partial charge on any atom is 0.238 e. The van der Waals surface area contributed by atoms with Gasteiger partial charge in [-0.15, -0.1) is 6.58 Å². The summed E-state index contributed by atoms with van der Waals surface area (Å²) in [6.45, 7) is 4.28. The topological polar surface area (TPSA) is 68.3 Å². The maximum absolute atomic E-state index is 9.74. The van der Waals surface area contributed by atoms with Crippen LogP contribution in [0.1, 0.15) is 22.6 Å². The number of fused-ring (bicyclic) bond motifs is 1. The summed E-state index contributed by atoms with van der Waals surface area (Å²) in [4.78, 5) is 4.43. The van der Waals surface area contributed by atoms with Crippen LogP contribution < -0.4 is 9.47 Å². The molecule has 4 rings (SSSR count). The van der Waals surface area contributed by atoms with Gasteiger partial charge in [0.05, 0.1) is 7.11 Å². The lowest BCUT2D eigenvalue weighted by molar-refractivity contribution is 0.282. The molecular formula is C27H22N2O3. The second-order valence-electron chi connectivity index (χ2n) is 7.14. The molecule has 0 radical (unpaired) electrons. The molecule has 0 unspecified atom stereocenters. The van der Waals surface area contributed by atoms with Crippen molar-refractivity contribution in [1.29, 1.82) is 5.26 Å². The van der Waals surface area contributed by atoms with E-state index in [2.05, 4.69) is 17.6 Å². The van der Waals surface area contributed by atoms with Crippen LogP contribution in [-0.2, 0) is 13.0 Å². The predicted octanol–water partition coefficient (Wildman–Crippen LogP) is 6.21. The molecule has 0 fully saturated rings. The average molecular weight is 422 g/mol. The van der Waals surface area contributed by atoms with E-state index >= 15 is 0 Å². The molecular weight excluding hydrogens is 400 g/mol. The van der Waals surface area contributed by atoms with Gasteiger partial charge in [-0.2, -0.15) is 5.26 Å². The first-order valence-corrected chi connectivity index (χ1v) is 10.2. The molecule has 4 aromatic rings. The number of oxazole rings is 1. The largest absolute Gasteiger partial charge is 0.493 e. The van der Waals surface area contributed by atoms with Crippen LogP contribution in [0.3, 0.4) is 0 Å². The minimum atomic E-state index is 0.280. The van der Waals surface area contributed by atoms with Gasteiger partial charge in [-0.3, -0.25) is 0 Å². The highest BCUT2D eigenvalue weighted by Gasteiger charge is 2.15. The highest BCUT2D eigenvalue weighted by molar-refractivity contribution is 5.89. The second kappa shape index (κ2) is 9.67. The van der Waals surface area contributed by atoms with Crippen molar-refractivity contribution in [3.8, 4) is 17.6 Å². The van der Waals surface area contributed by atoms with Gasteiger partial charge in [0.15, 0.2) is 17.1 Å². The average Bonchev–Trinajstić information content (AvgIpc) is 3.26. The molecule has 5 heteroatoms. The highest BCUT2D eigenvalue weighted by Crippen LogP contribution is 2.35. The molecule has 32 heavy (non-hydrogen) atoms. The standard InChI is InChI=1S/C27H22N2O3/c1-3-9-21-14-20(15-22(17-28)27-29-23-12-7-8-13-24(23)32-27)16-25(30-2)26(21)31-18-19-10-5-4-6-11-19/h3-8,10-16H,1,9,18H2,2H3/b22-15+. The van der Waals surface area contributed by atoms with Gasteiger partial charge in [-0.1, -0.05) is 48.5 Å². The summed E-state index contributed by atoms with van der Waals surface area (Å²) in [5, 5.41) is 9.74. The Hall–Kier alpha value is -4.30. The smallest absolute Gasteiger partial charge is 0.238 e. The van der Waals surface area contributed by atoms with Gasteiger partial charge in [-0.05, 0) is 47.9 Å². The predicted molar refractivity (Wildman–Crippen MR) is 125 cm³/mol.